The Kier molecular flexibility index (Phi) is 9.93. The number of hydrogen-bond acceptors (Lipinski definition) is 1. The van der Waals surface area contributed by atoms with Crippen LogP contribution in [0.2, 0.25) is 0 Å². The van der Waals surface area contributed by atoms with Crippen LogP contribution in [0.4, 0.5) is 0 Å². The monoisotopic (exact) mass is 367 g/mol. The molecule has 0 amide bonds. The molecule has 0 aliphatic rings. The lowest BCUT2D eigenvalue weighted by molar-refractivity contribution is 0.141. The first-order chi connectivity index (χ1) is 11.5. The minimum absolute atomic E-state index is 0.243. The van der Waals surface area contributed by atoms with Crippen molar-refractivity contribution < 1.29 is 0 Å². The summed E-state index contributed by atoms with van der Waals surface area (Å²) >= 11 is 0. The highest BCUT2D eigenvalue weighted by molar-refractivity contribution is 4.86. The quantitative estimate of drug-likeness (QED) is 0.385. The normalized spacial score (nSPS) is 16.6. The first-order valence-electron chi connectivity index (χ1n) is 11.2. The summed E-state index contributed by atoms with van der Waals surface area (Å²) in [6.07, 6.45) is 8.12. The van der Waals surface area contributed by atoms with Gasteiger partial charge in [-0.05, 0) is 74.2 Å². The Labute approximate surface area is 167 Å². The largest absolute Gasteiger partial charge is 0.312 e. The topological polar surface area (TPSA) is 12.0 Å². The summed E-state index contributed by atoms with van der Waals surface area (Å²) in [5.74, 6) is 1.61. The molecule has 2 unspecified atom stereocenters. The summed E-state index contributed by atoms with van der Waals surface area (Å²) in [6.45, 7) is 29.8. The van der Waals surface area contributed by atoms with Crippen LogP contribution in [0.15, 0.2) is 0 Å². The molecule has 0 radical (unpaired) electrons. The zero-order valence-corrected chi connectivity index (χ0v) is 20.6. The third-order valence-corrected chi connectivity index (χ3v) is 6.08. The van der Waals surface area contributed by atoms with Gasteiger partial charge in [0.2, 0.25) is 0 Å². The summed E-state index contributed by atoms with van der Waals surface area (Å²) in [5.41, 5.74) is 1.49. The Morgan fingerprint density at radius 1 is 0.615 bits per heavy atom. The molecule has 1 nitrogen and oxygen atoms in total. The van der Waals surface area contributed by atoms with Gasteiger partial charge in [0.1, 0.15) is 0 Å². The minimum Gasteiger partial charge on any atom is -0.312 e. The second-order valence-corrected chi connectivity index (χ2v) is 12.8. The van der Waals surface area contributed by atoms with E-state index in [-0.39, 0.29) is 5.54 Å². The van der Waals surface area contributed by atoms with Crippen LogP contribution in [0, 0.1) is 28.1 Å². The molecule has 0 bridgehead atoms. The van der Waals surface area contributed by atoms with Gasteiger partial charge in [-0.3, -0.25) is 0 Å². The summed E-state index contributed by atoms with van der Waals surface area (Å²) in [6, 6.07) is 0. The Morgan fingerprint density at radius 2 is 1.00 bits per heavy atom. The third kappa shape index (κ3) is 11.6. The Bertz CT molecular complexity index is 372. The maximum Gasteiger partial charge on any atom is 0.0127 e. The number of hydrogen-bond donors (Lipinski definition) is 1. The van der Waals surface area contributed by atoms with E-state index in [1.165, 1.54) is 38.5 Å². The van der Waals surface area contributed by atoms with E-state index in [0.29, 0.717) is 16.2 Å². The number of rotatable bonds is 10. The summed E-state index contributed by atoms with van der Waals surface area (Å²) in [7, 11) is 0. The molecule has 0 aromatic rings. The average molecular weight is 368 g/mol. The fraction of sp³-hybridized carbons (Fsp3) is 1.00. The number of unbranched alkanes of at least 4 members (excludes halogenated alkanes) is 1. The van der Waals surface area contributed by atoms with Crippen molar-refractivity contribution in [2.24, 2.45) is 28.1 Å². The Morgan fingerprint density at radius 3 is 1.31 bits per heavy atom. The highest BCUT2D eigenvalue weighted by Gasteiger charge is 2.31. The zero-order valence-electron chi connectivity index (χ0n) is 20.6. The van der Waals surface area contributed by atoms with Gasteiger partial charge in [-0.15, -0.1) is 0 Å². The van der Waals surface area contributed by atoms with Crippen molar-refractivity contribution in [2.75, 3.05) is 6.54 Å². The van der Waals surface area contributed by atoms with E-state index in [1.807, 2.05) is 0 Å². The van der Waals surface area contributed by atoms with Gasteiger partial charge in [-0.2, -0.15) is 0 Å². The van der Waals surface area contributed by atoms with Crippen LogP contribution in [0.1, 0.15) is 122 Å². The SMILES string of the molecule is CCNC(C)(C)CC(CCCCC(CC(C)(C)C)C(C)(C)C)C(C)(C)C. The highest BCUT2D eigenvalue weighted by Crippen LogP contribution is 2.40. The molecule has 0 aliphatic heterocycles. The van der Waals surface area contributed by atoms with Gasteiger partial charge in [-0.25, -0.2) is 0 Å². The lowest BCUT2D eigenvalue weighted by atomic mass is 9.69. The fourth-order valence-corrected chi connectivity index (χ4v) is 4.37. The zero-order chi connectivity index (χ0) is 20.8. The Hall–Kier alpha value is -0.0400. The van der Waals surface area contributed by atoms with Crippen LogP contribution < -0.4 is 5.32 Å². The fourth-order valence-electron chi connectivity index (χ4n) is 4.37. The van der Waals surface area contributed by atoms with Crippen molar-refractivity contribution in [3.8, 4) is 0 Å². The van der Waals surface area contributed by atoms with E-state index >= 15 is 0 Å². The van der Waals surface area contributed by atoms with Gasteiger partial charge in [0, 0.05) is 5.54 Å². The maximum atomic E-state index is 3.68. The van der Waals surface area contributed by atoms with Crippen molar-refractivity contribution in [1.82, 2.24) is 5.32 Å². The molecular weight excluding hydrogens is 314 g/mol. The molecule has 1 N–H and O–H groups in total. The molecule has 0 saturated heterocycles. The second-order valence-electron chi connectivity index (χ2n) is 12.8. The molecule has 26 heavy (non-hydrogen) atoms. The minimum atomic E-state index is 0.243. The van der Waals surface area contributed by atoms with Gasteiger partial charge >= 0.3 is 0 Å². The summed E-state index contributed by atoms with van der Waals surface area (Å²) in [4.78, 5) is 0. The van der Waals surface area contributed by atoms with E-state index in [9.17, 15) is 0 Å². The molecule has 2 atom stereocenters. The average Bonchev–Trinajstić information content (AvgIpc) is 2.36. The standard InChI is InChI=1S/C25H53N/c1-13-26-25(11,12)19-21(24(8,9)10)17-15-14-16-20(23(5,6)7)18-22(2,3)4/h20-21,26H,13-19H2,1-12H3. The smallest absolute Gasteiger partial charge is 0.0127 e. The molecule has 0 aromatic heterocycles. The summed E-state index contributed by atoms with van der Waals surface area (Å²) in [5, 5.41) is 3.68. The van der Waals surface area contributed by atoms with Crippen molar-refractivity contribution in [2.45, 2.75) is 127 Å². The van der Waals surface area contributed by atoms with Gasteiger partial charge in [-0.1, -0.05) is 82.1 Å². The molecule has 0 heterocycles. The lowest BCUT2D eigenvalue weighted by Gasteiger charge is -2.38. The Balaban J connectivity index is 4.70. The summed E-state index contributed by atoms with van der Waals surface area (Å²) < 4.78 is 0. The first-order valence-corrected chi connectivity index (χ1v) is 11.2. The van der Waals surface area contributed by atoms with Crippen LogP contribution in [0.3, 0.4) is 0 Å². The predicted octanol–water partition coefficient (Wildman–Crippen LogP) is 8.09. The lowest BCUT2D eigenvalue weighted by Crippen LogP contribution is -2.42. The molecule has 0 aromatic carbocycles. The van der Waals surface area contributed by atoms with E-state index in [2.05, 4.69) is 88.4 Å². The predicted molar refractivity (Wildman–Crippen MR) is 121 cm³/mol. The highest BCUT2D eigenvalue weighted by atomic mass is 14.9. The van der Waals surface area contributed by atoms with Crippen molar-refractivity contribution in [3.05, 3.63) is 0 Å². The van der Waals surface area contributed by atoms with Crippen molar-refractivity contribution in [1.29, 1.82) is 0 Å². The van der Waals surface area contributed by atoms with Gasteiger partial charge in [0.25, 0.3) is 0 Å². The van der Waals surface area contributed by atoms with Gasteiger partial charge < -0.3 is 5.32 Å². The number of nitrogens with one attached hydrogen (secondary N) is 1. The third-order valence-electron chi connectivity index (χ3n) is 6.08. The maximum absolute atomic E-state index is 3.68. The molecule has 0 saturated carbocycles. The first kappa shape index (κ1) is 26.0. The van der Waals surface area contributed by atoms with Crippen molar-refractivity contribution >= 4 is 0 Å². The molecular formula is C25H53N. The van der Waals surface area contributed by atoms with Crippen LogP contribution in [-0.2, 0) is 0 Å². The van der Waals surface area contributed by atoms with Crippen LogP contribution in [0.25, 0.3) is 0 Å². The van der Waals surface area contributed by atoms with Gasteiger partial charge in [0.05, 0.1) is 0 Å². The van der Waals surface area contributed by atoms with Crippen molar-refractivity contribution in [3.63, 3.8) is 0 Å². The van der Waals surface area contributed by atoms with E-state index in [1.54, 1.807) is 0 Å². The van der Waals surface area contributed by atoms with Gasteiger partial charge in [0.15, 0.2) is 0 Å². The van der Waals surface area contributed by atoms with E-state index < -0.39 is 0 Å². The van der Waals surface area contributed by atoms with E-state index in [4.69, 9.17) is 0 Å². The molecule has 1 heteroatoms. The van der Waals surface area contributed by atoms with E-state index in [0.717, 1.165) is 18.4 Å². The molecule has 158 valence electrons. The van der Waals surface area contributed by atoms with Crippen LogP contribution in [0.5, 0.6) is 0 Å². The molecule has 0 rings (SSSR count). The second kappa shape index (κ2) is 9.94. The van der Waals surface area contributed by atoms with Crippen LogP contribution >= 0.6 is 0 Å². The molecule has 0 spiro atoms. The van der Waals surface area contributed by atoms with Crippen LogP contribution in [-0.4, -0.2) is 12.1 Å². The molecule has 0 aliphatic carbocycles. The molecule has 0 fully saturated rings.